The molecule has 3 aromatic rings. The first-order valence-electron chi connectivity index (χ1n) is 12.4. The molecule has 0 unspecified atom stereocenters. The van der Waals surface area contributed by atoms with Crippen molar-refractivity contribution in [1.29, 1.82) is 0 Å². The van der Waals surface area contributed by atoms with Gasteiger partial charge in [0.1, 0.15) is 59.6 Å². The Morgan fingerprint density at radius 3 is 2.24 bits per heavy atom. The second kappa shape index (κ2) is 11.4. The number of ether oxygens (including phenoxy) is 4. The third-order valence-electron chi connectivity index (χ3n) is 6.86. The number of rotatable bonds is 6. The summed E-state index contributed by atoms with van der Waals surface area (Å²) in [5.41, 5.74) is 0.164. The minimum Gasteiger partial charge on any atom is -0.507 e. The molecule has 0 saturated carbocycles. The molecule has 2 aliphatic heterocycles. The van der Waals surface area contributed by atoms with Gasteiger partial charge < -0.3 is 70.0 Å². The molecule has 41 heavy (non-hydrogen) atoms. The minimum atomic E-state index is -1.84. The van der Waals surface area contributed by atoms with Crippen LogP contribution in [-0.2, 0) is 14.2 Å². The maximum atomic E-state index is 10.9. The number of phenols is 4. The fraction of sp³-hybridized carbons (Fsp3) is 0.423. The van der Waals surface area contributed by atoms with Crippen molar-refractivity contribution in [3.05, 3.63) is 36.4 Å². The SMILES string of the molecule is OC[C@H]1O[C@@H](Oc2cc3c(O)cc(O)cc3[o+]c2-c2ccc(O)c(O)c2)[C@H](O)[C@@H](O)[C@@H]1O[C@H]1OC[C@@H](O)[C@H](O)[C@H]1O. The molecule has 2 aliphatic rings. The Labute approximate surface area is 230 Å². The molecular formula is C26H29O15+. The average molecular weight is 582 g/mol. The van der Waals surface area contributed by atoms with E-state index in [1.54, 1.807) is 0 Å². The number of aromatic hydroxyl groups is 4. The molecule has 15 nitrogen and oxygen atoms in total. The third kappa shape index (κ3) is 5.54. The molecular weight excluding hydrogens is 552 g/mol. The van der Waals surface area contributed by atoms with Gasteiger partial charge in [-0.15, -0.1) is 0 Å². The van der Waals surface area contributed by atoms with E-state index in [9.17, 15) is 51.1 Å². The van der Waals surface area contributed by atoms with E-state index in [2.05, 4.69) is 0 Å². The summed E-state index contributed by atoms with van der Waals surface area (Å²) in [5.74, 6) is -1.91. The summed E-state index contributed by atoms with van der Waals surface area (Å²) in [7, 11) is 0. The van der Waals surface area contributed by atoms with Gasteiger partial charge in [0, 0.05) is 18.2 Å². The summed E-state index contributed by atoms with van der Waals surface area (Å²) in [6.45, 7) is -1.15. The molecule has 0 radical (unpaired) electrons. The minimum absolute atomic E-state index is 0.00241. The lowest BCUT2D eigenvalue weighted by molar-refractivity contribution is -0.339. The molecule has 0 aliphatic carbocycles. The van der Waals surface area contributed by atoms with Crippen molar-refractivity contribution in [2.24, 2.45) is 0 Å². The van der Waals surface area contributed by atoms with Gasteiger partial charge in [-0.1, -0.05) is 0 Å². The molecule has 222 valence electrons. The molecule has 0 amide bonds. The summed E-state index contributed by atoms with van der Waals surface area (Å²) in [6, 6.07) is 7.22. The summed E-state index contributed by atoms with van der Waals surface area (Å²) in [6.07, 6.45) is -14.4. The fourth-order valence-corrected chi connectivity index (χ4v) is 4.63. The summed E-state index contributed by atoms with van der Waals surface area (Å²) < 4.78 is 28.1. The second-order valence-corrected chi connectivity index (χ2v) is 9.70. The lowest BCUT2D eigenvalue weighted by atomic mass is 9.98. The Morgan fingerprint density at radius 1 is 0.805 bits per heavy atom. The zero-order valence-electron chi connectivity index (χ0n) is 21.1. The van der Waals surface area contributed by atoms with Crippen LogP contribution in [0.15, 0.2) is 40.8 Å². The number of benzene rings is 2. The summed E-state index contributed by atoms with van der Waals surface area (Å²) in [5, 5.41) is 102. The van der Waals surface area contributed by atoms with E-state index in [1.807, 2.05) is 0 Å². The highest BCUT2D eigenvalue weighted by Gasteiger charge is 2.50. The standard InChI is InChI=1S/C26H28O15/c27-7-18-24(41-25-21(35)19(33)15(32)8-37-25)20(34)22(36)26(40-18)39-17-6-11-13(30)4-10(28)5-16(11)38-23(17)9-1-2-12(29)14(31)3-9/h1-6,15,18-22,24-27,32-36H,7-8H2,(H3-,28,29,30,31)/p+1/t15-,18-,19+,20-,21-,22-,24-,25-,26-/m1/s1. The number of fused-ring (bicyclic) bond motifs is 1. The van der Waals surface area contributed by atoms with E-state index in [4.69, 9.17) is 23.4 Å². The third-order valence-corrected chi connectivity index (χ3v) is 6.86. The molecule has 2 saturated heterocycles. The first kappa shape index (κ1) is 29.0. The topological polar surface area (TPSA) is 251 Å². The quantitative estimate of drug-likeness (QED) is 0.122. The molecule has 15 heteroatoms. The first-order valence-corrected chi connectivity index (χ1v) is 12.4. The van der Waals surface area contributed by atoms with Crippen LogP contribution in [0, 0.1) is 0 Å². The molecule has 2 aromatic carbocycles. The van der Waals surface area contributed by atoms with Crippen molar-refractivity contribution in [2.45, 2.75) is 55.3 Å². The number of hydrogen-bond donors (Lipinski definition) is 10. The van der Waals surface area contributed by atoms with Crippen molar-refractivity contribution in [1.82, 2.24) is 0 Å². The maximum absolute atomic E-state index is 10.9. The molecule has 0 bridgehead atoms. The van der Waals surface area contributed by atoms with Crippen LogP contribution in [0.3, 0.4) is 0 Å². The van der Waals surface area contributed by atoms with Gasteiger partial charge in [-0.2, -0.15) is 0 Å². The highest BCUT2D eigenvalue weighted by atomic mass is 16.7. The van der Waals surface area contributed by atoms with Crippen LogP contribution in [0.4, 0.5) is 0 Å². The van der Waals surface area contributed by atoms with Gasteiger partial charge >= 0.3 is 11.3 Å². The van der Waals surface area contributed by atoms with Crippen molar-refractivity contribution < 1.29 is 74.4 Å². The first-order chi connectivity index (χ1) is 19.5. The van der Waals surface area contributed by atoms with E-state index < -0.39 is 80.0 Å². The van der Waals surface area contributed by atoms with Crippen LogP contribution >= 0.6 is 0 Å². The Morgan fingerprint density at radius 2 is 1.54 bits per heavy atom. The highest BCUT2D eigenvalue weighted by Crippen LogP contribution is 2.42. The predicted octanol–water partition coefficient (Wildman–Crippen LogP) is -1.15. The van der Waals surface area contributed by atoms with Crippen molar-refractivity contribution >= 4 is 11.0 Å². The summed E-state index contributed by atoms with van der Waals surface area (Å²) in [4.78, 5) is 0. The van der Waals surface area contributed by atoms with Crippen molar-refractivity contribution in [3.63, 3.8) is 0 Å². The zero-order chi connectivity index (χ0) is 29.6. The predicted molar refractivity (Wildman–Crippen MR) is 134 cm³/mol. The Balaban J connectivity index is 1.46. The van der Waals surface area contributed by atoms with Gasteiger partial charge in [-0.05, 0) is 12.1 Å². The van der Waals surface area contributed by atoms with E-state index in [1.165, 1.54) is 24.3 Å². The molecule has 2 fully saturated rings. The van der Waals surface area contributed by atoms with Crippen LogP contribution in [0.1, 0.15) is 0 Å². The van der Waals surface area contributed by atoms with Crippen LogP contribution in [0.5, 0.6) is 28.7 Å². The molecule has 3 heterocycles. The van der Waals surface area contributed by atoms with Gasteiger partial charge in [0.25, 0.3) is 0 Å². The zero-order valence-corrected chi connectivity index (χ0v) is 21.1. The van der Waals surface area contributed by atoms with Crippen molar-refractivity contribution in [2.75, 3.05) is 13.2 Å². The fourth-order valence-electron chi connectivity index (χ4n) is 4.63. The normalized spacial score (nSPS) is 32.2. The molecule has 0 spiro atoms. The molecule has 1 aromatic heterocycles. The lowest BCUT2D eigenvalue weighted by Crippen LogP contribution is -2.63. The van der Waals surface area contributed by atoms with Gasteiger partial charge in [0.15, 0.2) is 17.8 Å². The summed E-state index contributed by atoms with van der Waals surface area (Å²) >= 11 is 0. The van der Waals surface area contributed by atoms with Gasteiger partial charge in [0.05, 0.1) is 24.8 Å². The Kier molecular flexibility index (Phi) is 8.06. The van der Waals surface area contributed by atoms with Crippen LogP contribution < -0.4 is 4.74 Å². The van der Waals surface area contributed by atoms with Crippen LogP contribution in [-0.4, -0.2) is 120 Å². The molecule has 9 atom stereocenters. The maximum Gasteiger partial charge on any atom is 0.402 e. The lowest BCUT2D eigenvalue weighted by Gasteiger charge is -2.44. The number of phenolic OH excluding ortho intramolecular Hbond substituents is 4. The molecule has 5 rings (SSSR count). The van der Waals surface area contributed by atoms with E-state index >= 15 is 0 Å². The number of aliphatic hydroxyl groups excluding tert-OH is 6. The average Bonchev–Trinajstić information content (AvgIpc) is 2.94. The monoisotopic (exact) mass is 581 g/mol. The number of hydrogen-bond acceptors (Lipinski definition) is 14. The van der Waals surface area contributed by atoms with Crippen LogP contribution in [0.25, 0.3) is 22.3 Å². The molecule has 10 N–H and O–H groups in total. The van der Waals surface area contributed by atoms with Crippen molar-refractivity contribution in [3.8, 4) is 40.1 Å². The second-order valence-electron chi connectivity index (χ2n) is 9.70. The van der Waals surface area contributed by atoms with Gasteiger partial charge in [-0.25, -0.2) is 4.42 Å². The smallest absolute Gasteiger partial charge is 0.402 e. The highest BCUT2D eigenvalue weighted by molar-refractivity contribution is 5.88. The van der Waals surface area contributed by atoms with Gasteiger partial charge in [-0.3, -0.25) is 0 Å². The van der Waals surface area contributed by atoms with E-state index in [0.29, 0.717) is 0 Å². The van der Waals surface area contributed by atoms with Gasteiger partial charge in [0.2, 0.25) is 12.0 Å². The van der Waals surface area contributed by atoms with Crippen LogP contribution in [0.2, 0.25) is 0 Å². The largest absolute Gasteiger partial charge is 0.507 e. The van der Waals surface area contributed by atoms with E-state index in [-0.39, 0.29) is 39.5 Å². The number of aliphatic hydroxyl groups is 6. The Bertz CT molecular complexity index is 1400. The Hall–Kier alpha value is -3.51. The van der Waals surface area contributed by atoms with E-state index in [0.717, 1.165) is 12.1 Å².